The summed E-state index contributed by atoms with van der Waals surface area (Å²) in [5.74, 6) is -0.707. The fourth-order valence-electron chi connectivity index (χ4n) is 2.26. The zero-order chi connectivity index (χ0) is 15.8. The number of carboxylic acid groups (broad SMARTS) is 1. The van der Waals surface area contributed by atoms with Gasteiger partial charge in [0.1, 0.15) is 17.1 Å². The number of hydrogen-bond acceptors (Lipinski definition) is 5. The zero-order valence-electron chi connectivity index (χ0n) is 12.6. The molecular weight excluding hydrogens is 276 g/mol. The summed E-state index contributed by atoms with van der Waals surface area (Å²) in [4.78, 5) is 23.6. The van der Waals surface area contributed by atoms with E-state index in [1.54, 1.807) is 27.9 Å². The summed E-state index contributed by atoms with van der Waals surface area (Å²) < 4.78 is 11.6. The second kappa shape index (κ2) is 5.40. The van der Waals surface area contributed by atoms with Crippen LogP contribution in [0.2, 0.25) is 0 Å². The van der Waals surface area contributed by atoms with Crippen molar-refractivity contribution >= 4 is 17.9 Å². The van der Waals surface area contributed by atoms with Crippen LogP contribution in [0.15, 0.2) is 6.07 Å². The SMILES string of the molecule is COC1CNc2c(cc(C(=O)O)n2C(=O)OC(C)(C)C)C1. The molecule has 1 aliphatic rings. The van der Waals surface area contributed by atoms with E-state index >= 15 is 0 Å². The molecule has 7 heteroatoms. The van der Waals surface area contributed by atoms with Gasteiger partial charge in [0, 0.05) is 20.1 Å². The maximum Gasteiger partial charge on any atom is 0.420 e. The topological polar surface area (TPSA) is 89.8 Å². The lowest BCUT2D eigenvalue weighted by atomic mass is 10.1. The number of ether oxygens (including phenoxy) is 2. The number of nitrogens with zero attached hydrogens (tertiary/aromatic N) is 1. The number of carbonyl (C=O) groups is 2. The van der Waals surface area contributed by atoms with Gasteiger partial charge in [0.05, 0.1) is 6.10 Å². The van der Waals surface area contributed by atoms with E-state index in [4.69, 9.17) is 9.47 Å². The van der Waals surface area contributed by atoms with Gasteiger partial charge in [-0.2, -0.15) is 0 Å². The van der Waals surface area contributed by atoms with E-state index in [9.17, 15) is 14.7 Å². The van der Waals surface area contributed by atoms with Crippen molar-refractivity contribution in [1.82, 2.24) is 4.57 Å². The van der Waals surface area contributed by atoms with Crippen molar-refractivity contribution in [2.75, 3.05) is 19.0 Å². The average molecular weight is 296 g/mol. The van der Waals surface area contributed by atoms with Gasteiger partial charge >= 0.3 is 12.1 Å². The predicted molar refractivity (Wildman–Crippen MR) is 76.0 cm³/mol. The van der Waals surface area contributed by atoms with Crippen LogP contribution in [0.5, 0.6) is 0 Å². The summed E-state index contributed by atoms with van der Waals surface area (Å²) in [6, 6.07) is 1.49. The molecule has 0 radical (unpaired) electrons. The Kier molecular flexibility index (Phi) is 3.95. The Bertz CT molecular complexity index is 571. The third kappa shape index (κ3) is 3.18. The number of carboxylic acids is 1. The van der Waals surface area contributed by atoms with Gasteiger partial charge in [0.15, 0.2) is 0 Å². The molecule has 1 atom stereocenters. The molecule has 1 unspecified atom stereocenters. The summed E-state index contributed by atoms with van der Waals surface area (Å²) in [6.07, 6.45) is -0.201. The second-order valence-corrected chi connectivity index (χ2v) is 5.97. The summed E-state index contributed by atoms with van der Waals surface area (Å²) in [5, 5.41) is 12.3. The first-order valence-corrected chi connectivity index (χ1v) is 6.71. The minimum absolute atomic E-state index is 0.0476. The zero-order valence-corrected chi connectivity index (χ0v) is 12.6. The van der Waals surface area contributed by atoms with E-state index in [1.807, 2.05) is 0 Å². The van der Waals surface area contributed by atoms with E-state index < -0.39 is 17.7 Å². The maximum absolute atomic E-state index is 12.3. The standard InChI is InChI=1S/C14H20N2O5/c1-14(2,3)21-13(19)16-10(12(17)18)6-8-5-9(20-4)7-15-11(8)16/h6,9,15H,5,7H2,1-4H3,(H,17,18). The molecule has 2 N–H and O–H groups in total. The first kappa shape index (κ1) is 15.4. The number of aromatic carboxylic acids is 1. The highest BCUT2D eigenvalue weighted by atomic mass is 16.6. The van der Waals surface area contributed by atoms with E-state index in [1.165, 1.54) is 6.07 Å². The molecule has 0 bridgehead atoms. The quantitative estimate of drug-likeness (QED) is 0.867. The van der Waals surface area contributed by atoms with Gasteiger partial charge in [-0.05, 0) is 32.4 Å². The minimum Gasteiger partial charge on any atom is -0.477 e. The van der Waals surface area contributed by atoms with Crippen molar-refractivity contribution in [2.24, 2.45) is 0 Å². The highest BCUT2D eigenvalue weighted by molar-refractivity contribution is 5.94. The van der Waals surface area contributed by atoms with Crippen LogP contribution in [-0.2, 0) is 15.9 Å². The molecule has 0 saturated heterocycles. The van der Waals surface area contributed by atoms with E-state index in [0.29, 0.717) is 18.8 Å². The normalized spacial score (nSPS) is 17.8. The van der Waals surface area contributed by atoms with Crippen molar-refractivity contribution in [3.8, 4) is 0 Å². The highest BCUT2D eigenvalue weighted by Crippen LogP contribution is 2.28. The first-order valence-electron chi connectivity index (χ1n) is 6.71. The van der Waals surface area contributed by atoms with Gasteiger partial charge in [-0.25, -0.2) is 14.2 Å². The largest absolute Gasteiger partial charge is 0.477 e. The van der Waals surface area contributed by atoms with E-state index in [-0.39, 0.29) is 11.8 Å². The minimum atomic E-state index is -1.17. The smallest absolute Gasteiger partial charge is 0.420 e. The van der Waals surface area contributed by atoms with Crippen molar-refractivity contribution < 1.29 is 24.2 Å². The third-order valence-corrected chi connectivity index (χ3v) is 3.15. The third-order valence-electron chi connectivity index (χ3n) is 3.15. The molecule has 2 rings (SSSR count). The molecule has 116 valence electrons. The van der Waals surface area contributed by atoms with Crippen LogP contribution in [0.25, 0.3) is 0 Å². The average Bonchev–Trinajstić information content (AvgIpc) is 2.74. The molecule has 1 aromatic heterocycles. The Balaban J connectivity index is 2.42. The van der Waals surface area contributed by atoms with Crippen LogP contribution in [0.1, 0.15) is 36.8 Å². The fraction of sp³-hybridized carbons (Fsp3) is 0.571. The number of rotatable bonds is 2. The number of fused-ring (bicyclic) bond motifs is 1. The van der Waals surface area contributed by atoms with Gasteiger partial charge in [-0.15, -0.1) is 0 Å². The Morgan fingerprint density at radius 2 is 2.10 bits per heavy atom. The molecule has 1 aliphatic heterocycles. The second-order valence-electron chi connectivity index (χ2n) is 5.97. The lowest BCUT2D eigenvalue weighted by Crippen LogP contribution is -2.33. The van der Waals surface area contributed by atoms with Crippen LogP contribution in [0.4, 0.5) is 10.6 Å². The monoisotopic (exact) mass is 296 g/mol. The molecule has 0 fully saturated rings. The van der Waals surface area contributed by atoms with Crippen LogP contribution < -0.4 is 5.32 Å². The number of methoxy groups -OCH3 is 1. The molecule has 21 heavy (non-hydrogen) atoms. The number of anilines is 1. The van der Waals surface area contributed by atoms with Crippen LogP contribution in [-0.4, -0.2) is 47.1 Å². The van der Waals surface area contributed by atoms with Crippen molar-refractivity contribution in [3.05, 3.63) is 17.3 Å². The van der Waals surface area contributed by atoms with Crippen LogP contribution in [0.3, 0.4) is 0 Å². The number of carbonyl (C=O) groups excluding carboxylic acids is 1. The Labute approximate surface area is 122 Å². The Hall–Kier alpha value is -2.02. The van der Waals surface area contributed by atoms with Gasteiger partial charge in [-0.1, -0.05) is 0 Å². The van der Waals surface area contributed by atoms with Gasteiger partial charge < -0.3 is 19.9 Å². The Morgan fingerprint density at radius 3 is 2.62 bits per heavy atom. The van der Waals surface area contributed by atoms with E-state index in [0.717, 1.165) is 10.1 Å². The fourth-order valence-corrected chi connectivity index (χ4v) is 2.26. The molecule has 0 spiro atoms. The molecule has 1 aromatic rings. The van der Waals surface area contributed by atoms with Crippen LogP contribution in [0, 0.1) is 0 Å². The van der Waals surface area contributed by atoms with Crippen molar-refractivity contribution in [3.63, 3.8) is 0 Å². The maximum atomic E-state index is 12.3. The molecule has 0 aromatic carbocycles. The highest BCUT2D eigenvalue weighted by Gasteiger charge is 2.31. The molecule has 0 aliphatic carbocycles. The summed E-state index contributed by atoms with van der Waals surface area (Å²) in [6.45, 7) is 5.70. The van der Waals surface area contributed by atoms with Crippen LogP contribution >= 0.6 is 0 Å². The molecular formula is C14H20N2O5. The van der Waals surface area contributed by atoms with Gasteiger partial charge in [0.2, 0.25) is 0 Å². The number of aromatic nitrogens is 1. The summed E-state index contributed by atoms with van der Waals surface area (Å²) in [7, 11) is 1.60. The number of nitrogens with one attached hydrogen (secondary N) is 1. The molecule has 0 saturated carbocycles. The predicted octanol–water partition coefficient (Wildman–Crippen LogP) is 1.95. The Morgan fingerprint density at radius 1 is 1.43 bits per heavy atom. The molecule has 7 nitrogen and oxygen atoms in total. The van der Waals surface area contributed by atoms with E-state index in [2.05, 4.69) is 5.32 Å². The van der Waals surface area contributed by atoms with Gasteiger partial charge in [-0.3, -0.25) is 0 Å². The lowest BCUT2D eigenvalue weighted by molar-refractivity contribution is 0.0507. The lowest BCUT2D eigenvalue weighted by Gasteiger charge is -2.25. The van der Waals surface area contributed by atoms with Crippen molar-refractivity contribution in [1.29, 1.82) is 0 Å². The van der Waals surface area contributed by atoms with Crippen molar-refractivity contribution in [2.45, 2.75) is 38.9 Å². The molecule has 2 heterocycles. The first-order chi connectivity index (χ1) is 9.73. The van der Waals surface area contributed by atoms with Gasteiger partial charge in [0.25, 0.3) is 0 Å². The molecule has 0 amide bonds. The number of hydrogen-bond donors (Lipinski definition) is 2. The summed E-state index contributed by atoms with van der Waals surface area (Å²) in [5.41, 5.74) is -0.0804. The summed E-state index contributed by atoms with van der Waals surface area (Å²) >= 11 is 0.